The molecule has 16 amide bonds. The van der Waals surface area contributed by atoms with Crippen LogP contribution in [0.1, 0.15) is 173 Å². The highest BCUT2D eigenvalue weighted by Crippen LogP contribution is 2.30. The summed E-state index contributed by atoms with van der Waals surface area (Å²) in [7, 11) is 2.59. The van der Waals surface area contributed by atoms with Gasteiger partial charge >= 0.3 is 11.9 Å². The molecule has 6 heterocycles. The first-order chi connectivity index (χ1) is 63.3. The number of unbranched alkanes of at least 4 members (excludes halogenated alkanes) is 2. The maximum atomic E-state index is 15.9. The number of halogens is 1. The minimum atomic E-state index is -1.76. The van der Waals surface area contributed by atoms with Crippen LogP contribution in [0.2, 0.25) is 0 Å². The Morgan fingerprint density at radius 3 is 1.68 bits per heavy atom. The zero-order chi connectivity index (χ0) is 97.2. The molecular formula is C91H127FN20O21. The van der Waals surface area contributed by atoms with Crippen LogP contribution in [0.4, 0.5) is 4.39 Å². The van der Waals surface area contributed by atoms with Crippen molar-refractivity contribution in [2.24, 2.45) is 28.9 Å². The second-order valence-electron chi connectivity index (χ2n) is 35.1. The summed E-state index contributed by atoms with van der Waals surface area (Å²) in [5.41, 5.74) is 26.3. The molecule has 3 aromatic carbocycles. The van der Waals surface area contributed by atoms with E-state index >= 15 is 38.4 Å². The number of aromatic amines is 1. The molecule has 4 saturated heterocycles. The Morgan fingerprint density at radius 1 is 0.504 bits per heavy atom. The Kier molecular flexibility index (Phi) is 38.2. The van der Waals surface area contributed by atoms with Gasteiger partial charge in [0.15, 0.2) is 0 Å². The van der Waals surface area contributed by atoms with Crippen molar-refractivity contribution in [1.82, 2.24) is 81.9 Å². The number of piperidine rings is 1. The first-order valence-corrected chi connectivity index (χ1v) is 45.5. The summed E-state index contributed by atoms with van der Waals surface area (Å²) in [5, 5.41) is 56.5. The summed E-state index contributed by atoms with van der Waals surface area (Å²) in [6, 6.07) is -3.23. The fraction of sp³-hybridized carbons (Fsp3) is 0.560. The minimum absolute atomic E-state index is 0.00765. The lowest BCUT2D eigenvalue weighted by Gasteiger charge is -2.38. The van der Waals surface area contributed by atoms with Crippen LogP contribution in [-0.2, 0) is 112 Å². The van der Waals surface area contributed by atoms with Crippen molar-refractivity contribution in [3.63, 3.8) is 0 Å². The molecule has 724 valence electrons. The molecule has 2 aromatic heterocycles. The highest BCUT2D eigenvalue weighted by Gasteiger charge is 2.47. The van der Waals surface area contributed by atoms with Gasteiger partial charge in [0, 0.05) is 113 Å². The molecule has 133 heavy (non-hydrogen) atoms. The molecule has 15 atom stereocenters. The highest BCUT2D eigenvalue weighted by atomic mass is 19.1. The van der Waals surface area contributed by atoms with Gasteiger partial charge in [-0.1, -0.05) is 102 Å². The van der Waals surface area contributed by atoms with Gasteiger partial charge < -0.3 is 120 Å². The number of carboxylic acids is 2. The summed E-state index contributed by atoms with van der Waals surface area (Å²) >= 11 is 0. The lowest BCUT2D eigenvalue weighted by molar-refractivity contribution is -0.149. The van der Waals surface area contributed by atoms with E-state index < -0.39 is 261 Å². The summed E-state index contributed by atoms with van der Waals surface area (Å²) in [6.07, 6.45) is -1.06. The number of aliphatic hydroxyl groups is 1. The molecule has 0 saturated carbocycles. The standard InChI is InChI=1S/C91H127FN20O21/c1-7-9-23-69-83(125)101-60(33-34-76(116)117)79(121)99-59(78(96)120)22-17-28-75(115)98-64(40-51-29-31-54(92)32-30-51)88(130)110-37-16-15-26-70(110)84(126)105-66(44-74(95)114)89(131)111-38-18-27-71(111)85(127)106-67(45-94)82(124)103-63(39-50(3)4)90(132)112-48-55(113)43-73(112)86(128)102-62(41-52-46-97-58-21-13-11-19-56(52)58)81(123)100-61(35-36-93)80(122)104-65(87(129)108(6)72(24-10-8-2)91(133)107(69)5)42-53-47-109(49-77(118)119)68-25-14-12-20-57(53)68/h11-14,19-21,25,29-32,46-47,50,55,59-67,69-73,97,113H,7-10,15-18,22-24,26-28,33-45,48-49,93-94H2,1-6H3,(H2,95,114)(H2,96,120)(H,98,115)(H,99,121)(H,100,123)(H,101,125)(H,102,128)(H,103,124)(H,104,122)(H,105,126)(H,106,127)(H,116,117)(H,118,119)/t55-,59+,60+,61+,62+,63+,64+,65+,66+,67+,69+,70+,71+,72+,73+/m1/s1. The van der Waals surface area contributed by atoms with Gasteiger partial charge in [0.2, 0.25) is 94.5 Å². The van der Waals surface area contributed by atoms with Gasteiger partial charge in [0.1, 0.15) is 96.9 Å². The molecule has 4 aliphatic rings. The van der Waals surface area contributed by atoms with Gasteiger partial charge in [-0.15, -0.1) is 0 Å². The molecule has 0 unspecified atom stereocenters. The van der Waals surface area contributed by atoms with Crippen molar-refractivity contribution in [2.45, 2.75) is 273 Å². The predicted octanol–water partition coefficient (Wildman–Crippen LogP) is -1.13. The molecule has 0 spiro atoms. The number of aromatic nitrogens is 2. The molecule has 41 nitrogen and oxygen atoms in total. The molecule has 21 N–H and O–H groups in total. The Labute approximate surface area is 768 Å². The van der Waals surface area contributed by atoms with Gasteiger partial charge in [-0.05, 0) is 130 Å². The number of aliphatic carboxylic acids is 2. The van der Waals surface area contributed by atoms with Crippen LogP contribution in [0.3, 0.4) is 0 Å². The largest absolute Gasteiger partial charge is 0.481 e. The van der Waals surface area contributed by atoms with Crippen LogP contribution in [0, 0.1) is 11.7 Å². The zero-order valence-corrected chi connectivity index (χ0v) is 75.9. The molecular weight excluding hydrogens is 1730 g/mol. The smallest absolute Gasteiger partial charge is 0.323 e. The van der Waals surface area contributed by atoms with E-state index in [2.05, 4.69) is 52.8 Å². The third kappa shape index (κ3) is 28.1. The lowest BCUT2D eigenvalue weighted by Crippen LogP contribution is -2.62. The monoisotopic (exact) mass is 1850 g/mol. The maximum Gasteiger partial charge on any atom is 0.323 e. The fourth-order valence-corrected chi connectivity index (χ4v) is 17.7. The van der Waals surface area contributed by atoms with Crippen LogP contribution in [0.5, 0.6) is 0 Å². The Bertz CT molecular complexity index is 5050. The normalized spacial score (nSPS) is 25.5. The Balaban J connectivity index is 1.10. The van der Waals surface area contributed by atoms with E-state index in [4.69, 9.17) is 22.9 Å². The Morgan fingerprint density at radius 2 is 1.04 bits per heavy atom. The number of benzene rings is 3. The number of para-hydroxylation sites is 2. The highest BCUT2D eigenvalue weighted by molar-refractivity contribution is 6.02. The number of rotatable bonds is 25. The number of nitrogens with one attached hydrogen (secondary N) is 10. The van der Waals surface area contributed by atoms with E-state index in [0.717, 1.165) is 31.7 Å². The van der Waals surface area contributed by atoms with Crippen molar-refractivity contribution >= 4 is 128 Å². The number of aliphatic hydroxyl groups excluding tert-OH is 1. The van der Waals surface area contributed by atoms with Gasteiger partial charge in [-0.3, -0.25) is 86.3 Å². The van der Waals surface area contributed by atoms with E-state index in [1.807, 2.05) is 6.92 Å². The van der Waals surface area contributed by atoms with E-state index in [0.29, 0.717) is 64.2 Å². The number of hydrogen-bond donors (Lipinski definition) is 17. The van der Waals surface area contributed by atoms with Crippen molar-refractivity contribution in [3.8, 4) is 0 Å². The maximum absolute atomic E-state index is 15.9. The number of fused-ring (bicyclic) bond motifs is 5. The molecule has 9 rings (SSSR count). The molecule has 42 heteroatoms. The van der Waals surface area contributed by atoms with E-state index in [1.54, 1.807) is 75.5 Å². The number of likely N-dealkylation sites (N-methyl/N-ethyl adjacent to an activating group) is 2. The molecule has 5 aromatic rings. The summed E-state index contributed by atoms with van der Waals surface area (Å²) in [5.74, 6) is -18.9. The fourth-order valence-electron chi connectivity index (χ4n) is 17.7. The SMILES string of the molecule is CCCC[C@H]1C(=O)N(C)[C@@H](CCCC)C(=O)N[C@@H](CCC(=O)O)C(=O)N[C@H](C(N)=O)CCCC(=O)N[C@@H](Cc2ccc(F)cc2)C(=O)N2CCCC[C@H]2C(=O)N[C@@H](CC(N)=O)C(=O)N2CCC[C@H]2C(=O)N[C@@H](CN)C(=O)N[C@@H](CC(C)C)C(=O)N2C[C@H](O)C[C@H]2C(=O)N[C@@H](Cc2c[nH]c3ccccc23)C(=O)N[C@@H](CCN)C(=O)N[C@@H](Cc2cn(CC(=O)O)c3ccccc23)C(=O)N1C. The number of nitrogens with two attached hydrogens (primary N) is 4. The number of carbonyl (C=O) groups is 18. The summed E-state index contributed by atoms with van der Waals surface area (Å²) in [6.45, 7) is 5.00. The number of amides is 16. The summed E-state index contributed by atoms with van der Waals surface area (Å²) < 4.78 is 15.8. The predicted molar refractivity (Wildman–Crippen MR) is 481 cm³/mol. The second-order valence-corrected chi connectivity index (χ2v) is 35.1. The third-order valence-corrected chi connectivity index (χ3v) is 24.7. The molecule has 0 bridgehead atoms. The zero-order valence-electron chi connectivity index (χ0n) is 75.9. The topological polar surface area (TPSA) is 617 Å². The summed E-state index contributed by atoms with van der Waals surface area (Å²) in [4.78, 5) is 270. The second kappa shape index (κ2) is 48.9. The number of carbonyl (C=O) groups excluding carboxylic acids is 16. The third-order valence-electron chi connectivity index (χ3n) is 24.7. The first-order valence-electron chi connectivity index (χ1n) is 45.5. The number of H-pyrrole nitrogens is 1. The van der Waals surface area contributed by atoms with Crippen LogP contribution in [-0.4, -0.2) is 293 Å². The van der Waals surface area contributed by atoms with Gasteiger partial charge in [-0.2, -0.15) is 0 Å². The van der Waals surface area contributed by atoms with Crippen LogP contribution < -0.4 is 70.8 Å². The number of primary amides is 2. The number of nitrogens with zero attached hydrogens (tertiary/aromatic N) is 6. The van der Waals surface area contributed by atoms with Crippen LogP contribution in [0.25, 0.3) is 21.8 Å². The van der Waals surface area contributed by atoms with Crippen LogP contribution >= 0.6 is 0 Å². The van der Waals surface area contributed by atoms with E-state index in [9.17, 15) is 67.7 Å². The van der Waals surface area contributed by atoms with E-state index in [1.165, 1.54) is 41.9 Å². The average molecular weight is 1860 g/mol. The Hall–Kier alpha value is -13.0. The van der Waals surface area contributed by atoms with Crippen molar-refractivity contribution in [1.29, 1.82) is 0 Å². The van der Waals surface area contributed by atoms with Gasteiger partial charge in [-0.25, -0.2) is 4.39 Å². The average Bonchev–Trinajstić information content (AvgIpc) is 1.62. The quantitative estimate of drug-likeness (QED) is 0.0329. The molecule has 0 aliphatic carbocycles. The molecule has 0 radical (unpaired) electrons. The van der Waals surface area contributed by atoms with Crippen LogP contribution in [0.15, 0.2) is 85.2 Å². The molecule has 4 aliphatic heterocycles. The van der Waals surface area contributed by atoms with Crippen molar-refractivity contribution in [2.75, 3.05) is 46.8 Å². The first kappa shape index (κ1) is 104. The number of hydrogen-bond acceptors (Lipinski definition) is 21. The van der Waals surface area contributed by atoms with Crippen molar-refractivity contribution in [3.05, 3.63) is 108 Å². The molecule has 4 fully saturated rings. The lowest BCUT2D eigenvalue weighted by atomic mass is 9.97. The minimum Gasteiger partial charge on any atom is -0.481 e. The van der Waals surface area contributed by atoms with Gasteiger partial charge in [0.05, 0.1) is 12.5 Å². The number of carboxylic acid groups (broad SMARTS) is 2. The van der Waals surface area contributed by atoms with Crippen molar-refractivity contribution < 1.29 is 106 Å². The van der Waals surface area contributed by atoms with E-state index in [-0.39, 0.29) is 109 Å². The van der Waals surface area contributed by atoms with Gasteiger partial charge in [0.25, 0.3) is 0 Å².